The van der Waals surface area contributed by atoms with E-state index in [9.17, 15) is 9.18 Å². The van der Waals surface area contributed by atoms with Crippen molar-refractivity contribution in [1.29, 1.82) is 0 Å². The standard InChI is InChI=1S/C19H19FN2O2S/c20-14-5-6-17-13(10-14)11-18(25-17)19(23)21-12-15(16-4-3-9-24-16)22-7-1-2-8-22/h3-6,9-11,15H,1-2,7-8,12H2,(H,21,23)/t15-/m0/s1. The summed E-state index contributed by atoms with van der Waals surface area (Å²) in [7, 11) is 0. The van der Waals surface area contributed by atoms with Gasteiger partial charge in [0.25, 0.3) is 5.91 Å². The number of thiophene rings is 1. The van der Waals surface area contributed by atoms with Crippen LogP contribution in [-0.2, 0) is 0 Å². The molecule has 130 valence electrons. The monoisotopic (exact) mass is 358 g/mol. The summed E-state index contributed by atoms with van der Waals surface area (Å²) in [6.07, 6.45) is 4.01. The number of benzene rings is 1. The quantitative estimate of drug-likeness (QED) is 0.743. The zero-order valence-corrected chi connectivity index (χ0v) is 14.5. The number of nitrogens with zero attached hydrogens (tertiary/aromatic N) is 1. The Balaban J connectivity index is 1.48. The molecule has 0 saturated carbocycles. The Labute approximate surface area is 149 Å². The zero-order chi connectivity index (χ0) is 17.2. The number of halogens is 1. The van der Waals surface area contributed by atoms with Crippen LogP contribution in [0.4, 0.5) is 4.39 Å². The second-order valence-corrected chi connectivity index (χ2v) is 7.36. The van der Waals surface area contributed by atoms with Crippen molar-refractivity contribution >= 4 is 27.3 Å². The first-order valence-corrected chi connectivity index (χ1v) is 9.27. The lowest BCUT2D eigenvalue weighted by atomic mass is 10.2. The van der Waals surface area contributed by atoms with Crippen LogP contribution in [0.15, 0.2) is 47.1 Å². The Kier molecular flexibility index (Phi) is 4.55. The van der Waals surface area contributed by atoms with Gasteiger partial charge in [0, 0.05) is 11.2 Å². The number of hydrogen-bond acceptors (Lipinski definition) is 4. The van der Waals surface area contributed by atoms with Gasteiger partial charge in [-0.2, -0.15) is 0 Å². The molecule has 1 aliphatic heterocycles. The van der Waals surface area contributed by atoms with Gasteiger partial charge in [-0.15, -0.1) is 11.3 Å². The van der Waals surface area contributed by atoms with E-state index in [1.54, 1.807) is 18.4 Å². The summed E-state index contributed by atoms with van der Waals surface area (Å²) in [4.78, 5) is 15.5. The number of hydrogen-bond donors (Lipinski definition) is 1. The lowest BCUT2D eigenvalue weighted by molar-refractivity contribution is 0.0938. The number of rotatable bonds is 5. The van der Waals surface area contributed by atoms with Crippen molar-refractivity contribution in [3.8, 4) is 0 Å². The van der Waals surface area contributed by atoms with Crippen molar-refractivity contribution < 1.29 is 13.6 Å². The smallest absolute Gasteiger partial charge is 0.261 e. The fourth-order valence-electron chi connectivity index (χ4n) is 3.35. The number of likely N-dealkylation sites (tertiary alicyclic amines) is 1. The van der Waals surface area contributed by atoms with Crippen LogP contribution in [0.1, 0.15) is 34.3 Å². The molecule has 1 amide bonds. The van der Waals surface area contributed by atoms with Crippen molar-refractivity contribution in [2.24, 2.45) is 0 Å². The lowest BCUT2D eigenvalue weighted by Gasteiger charge is -2.25. The largest absolute Gasteiger partial charge is 0.468 e. The fourth-order valence-corrected chi connectivity index (χ4v) is 4.31. The van der Waals surface area contributed by atoms with Gasteiger partial charge in [0.05, 0.1) is 17.2 Å². The van der Waals surface area contributed by atoms with Crippen LogP contribution in [0.2, 0.25) is 0 Å². The number of carbonyl (C=O) groups excluding carboxylic acids is 1. The highest BCUT2D eigenvalue weighted by molar-refractivity contribution is 7.20. The molecule has 0 aliphatic carbocycles. The van der Waals surface area contributed by atoms with E-state index < -0.39 is 0 Å². The molecule has 3 heterocycles. The molecule has 4 rings (SSSR count). The summed E-state index contributed by atoms with van der Waals surface area (Å²) in [6, 6.07) is 10.2. The van der Waals surface area contributed by atoms with Gasteiger partial charge in [-0.1, -0.05) is 0 Å². The van der Waals surface area contributed by atoms with E-state index in [1.807, 2.05) is 12.1 Å². The van der Waals surface area contributed by atoms with Crippen LogP contribution in [-0.4, -0.2) is 30.4 Å². The number of carbonyl (C=O) groups is 1. The minimum absolute atomic E-state index is 0.0493. The highest BCUT2D eigenvalue weighted by Crippen LogP contribution is 2.27. The van der Waals surface area contributed by atoms with Crippen LogP contribution in [0.25, 0.3) is 10.1 Å². The summed E-state index contributed by atoms with van der Waals surface area (Å²) >= 11 is 1.38. The van der Waals surface area contributed by atoms with Crippen LogP contribution >= 0.6 is 11.3 Å². The average Bonchev–Trinajstić information content (AvgIpc) is 3.36. The second-order valence-electron chi connectivity index (χ2n) is 6.28. The molecule has 1 aromatic carbocycles. The van der Waals surface area contributed by atoms with Gasteiger partial charge in [-0.3, -0.25) is 9.69 Å². The minimum Gasteiger partial charge on any atom is -0.468 e. The topological polar surface area (TPSA) is 45.5 Å². The van der Waals surface area contributed by atoms with Crippen LogP contribution in [0, 0.1) is 5.82 Å². The first-order chi connectivity index (χ1) is 12.2. The molecule has 0 spiro atoms. The predicted molar refractivity (Wildman–Crippen MR) is 96.4 cm³/mol. The van der Waals surface area contributed by atoms with Crippen molar-refractivity contribution in [3.05, 3.63) is 59.1 Å². The van der Waals surface area contributed by atoms with E-state index in [1.165, 1.54) is 36.3 Å². The van der Waals surface area contributed by atoms with Crippen LogP contribution < -0.4 is 5.32 Å². The molecular formula is C19H19FN2O2S. The molecular weight excluding hydrogens is 339 g/mol. The SMILES string of the molecule is O=C(NC[C@@H](c1ccco1)N1CCCC1)c1cc2cc(F)ccc2s1. The molecule has 0 radical (unpaired) electrons. The highest BCUT2D eigenvalue weighted by atomic mass is 32.1. The third-order valence-electron chi connectivity index (χ3n) is 4.61. The molecule has 1 aliphatic rings. The van der Waals surface area contributed by atoms with Gasteiger partial charge in [0.15, 0.2) is 0 Å². The Morgan fingerprint density at radius 1 is 1.28 bits per heavy atom. The summed E-state index contributed by atoms with van der Waals surface area (Å²) in [5, 5.41) is 3.78. The summed E-state index contributed by atoms with van der Waals surface area (Å²) < 4.78 is 19.8. The number of fused-ring (bicyclic) bond motifs is 1. The van der Waals surface area contributed by atoms with E-state index in [4.69, 9.17) is 4.42 Å². The predicted octanol–water partition coefficient (Wildman–Crippen LogP) is 4.20. The number of furan rings is 1. The third-order valence-corrected chi connectivity index (χ3v) is 5.73. The molecule has 25 heavy (non-hydrogen) atoms. The fraction of sp³-hybridized carbons (Fsp3) is 0.316. The maximum absolute atomic E-state index is 13.3. The summed E-state index contributed by atoms with van der Waals surface area (Å²) in [5.74, 6) is 0.460. The Hall–Kier alpha value is -2.18. The summed E-state index contributed by atoms with van der Waals surface area (Å²) in [6.45, 7) is 2.53. The van der Waals surface area contributed by atoms with Gasteiger partial charge >= 0.3 is 0 Å². The maximum Gasteiger partial charge on any atom is 0.261 e. The van der Waals surface area contributed by atoms with Gasteiger partial charge in [0.1, 0.15) is 11.6 Å². The minimum atomic E-state index is -0.288. The zero-order valence-electron chi connectivity index (χ0n) is 13.7. The summed E-state index contributed by atoms with van der Waals surface area (Å²) in [5.41, 5.74) is 0. The number of nitrogens with one attached hydrogen (secondary N) is 1. The normalized spacial score (nSPS) is 16.4. The molecule has 0 bridgehead atoms. The molecule has 1 N–H and O–H groups in total. The van der Waals surface area contributed by atoms with Crippen molar-refractivity contribution in [3.63, 3.8) is 0 Å². The highest BCUT2D eigenvalue weighted by Gasteiger charge is 2.26. The first kappa shape index (κ1) is 16.3. The number of amides is 1. The van der Waals surface area contributed by atoms with E-state index in [-0.39, 0.29) is 17.8 Å². The molecule has 3 aromatic rings. The first-order valence-electron chi connectivity index (χ1n) is 8.45. The molecule has 2 aromatic heterocycles. The van der Waals surface area contributed by atoms with E-state index in [0.717, 1.165) is 28.9 Å². The van der Waals surface area contributed by atoms with E-state index in [2.05, 4.69) is 10.2 Å². The molecule has 4 nitrogen and oxygen atoms in total. The van der Waals surface area contributed by atoms with Crippen molar-refractivity contribution in [1.82, 2.24) is 10.2 Å². The average molecular weight is 358 g/mol. The Bertz CT molecular complexity index is 869. The van der Waals surface area contributed by atoms with E-state index >= 15 is 0 Å². The van der Waals surface area contributed by atoms with Gasteiger partial charge in [-0.05, 0) is 67.7 Å². The lowest BCUT2D eigenvalue weighted by Crippen LogP contribution is -2.36. The van der Waals surface area contributed by atoms with Crippen molar-refractivity contribution in [2.45, 2.75) is 18.9 Å². The van der Waals surface area contributed by atoms with Gasteiger partial charge in [-0.25, -0.2) is 4.39 Å². The Morgan fingerprint density at radius 2 is 2.12 bits per heavy atom. The Morgan fingerprint density at radius 3 is 2.88 bits per heavy atom. The molecule has 6 heteroatoms. The maximum atomic E-state index is 13.3. The third kappa shape index (κ3) is 3.45. The van der Waals surface area contributed by atoms with Crippen LogP contribution in [0.3, 0.4) is 0 Å². The van der Waals surface area contributed by atoms with Gasteiger partial charge < -0.3 is 9.73 Å². The van der Waals surface area contributed by atoms with Crippen LogP contribution in [0.5, 0.6) is 0 Å². The van der Waals surface area contributed by atoms with Gasteiger partial charge in [0.2, 0.25) is 0 Å². The molecule has 1 atom stereocenters. The van der Waals surface area contributed by atoms with Crippen molar-refractivity contribution in [2.75, 3.05) is 19.6 Å². The molecule has 0 unspecified atom stereocenters. The molecule has 1 saturated heterocycles. The van der Waals surface area contributed by atoms with E-state index in [0.29, 0.717) is 11.4 Å². The molecule has 1 fully saturated rings. The second kappa shape index (κ2) is 6.98.